The average Bonchev–Trinajstić information content (AvgIpc) is 2.04. The highest BCUT2D eigenvalue weighted by Crippen LogP contribution is 2.30. The van der Waals surface area contributed by atoms with Gasteiger partial charge in [-0.05, 0) is 28.8 Å². The summed E-state index contributed by atoms with van der Waals surface area (Å²) in [4.78, 5) is 10.4. The van der Waals surface area contributed by atoms with Gasteiger partial charge in [0.2, 0.25) is 4.69 Å². The van der Waals surface area contributed by atoms with Gasteiger partial charge in [0, 0.05) is 0 Å². The summed E-state index contributed by atoms with van der Waals surface area (Å²) in [5.74, 6) is 0. The molecule has 1 unspecified atom stereocenters. The van der Waals surface area contributed by atoms with Gasteiger partial charge in [-0.1, -0.05) is 33.1 Å². The van der Waals surface area contributed by atoms with E-state index in [1.807, 2.05) is 6.92 Å². The smallest absolute Gasteiger partial charge is 0.218 e. The molecule has 3 heteroatoms. The van der Waals surface area contributed by atoms with Crippen LogP contribution in [-0.2, 0) is 4.79 Å². The number of alkyl halides is 1. The zero-order chi connectivity index (χ0) is 9.61. The summed E-state index contributed by atoms with van der Waals surface area (Å²) in [5, 5.41) is 0. The lowest BCUT2D eigenvalue weighted by Crippen LogP contribution is -2.27. The Balaban J connectivity index is 3.88. The maximum absolute atomic E-state index is 11.1. The zero-order valence-corrected chi connectivity index (χ0v) is 10.0. The maximum atomic E-state index is 11.1. The minimum Gasteiger partial charge on any atom is -0.285 e. The lowest BCUT2D eigenvalue weighted by molar-refractivity contribution is -0.112. The fraction of sp³-hybridized carbons (Fsp3) is 0.889. The highest BCUT2D eigenvalue weighted by molar-refractivity contribution is 9.18. The molecule has 0 aromatic heterocycles. The van der Waals surface area contributed by atoms with Crippen molar-refractivity contribution in [1.82, 2.24) is 0 Å². The molecule has 0 aliphatic carbocycles. The molecule has 0 spiro atoms. The van der Waals surface area contributed by atoms with Crippen LogP contribution in [0, 0.1) is 0 Å². The topological polar surface area (TPSA) is 17.1 Å². The molecule has 0 fully saturated rings. The predicted octanol–water partition coefficient (Wildman–Crippen LogP) is 3.88. The Hall–Kier alpha value is 0.440. The van der Waals surface area contributed by atoms with E-state index in [1.54, 1.807) is 0 Å². The van der Waals surface area contributed by atoms with Crippen LogP contribution in [0.3, 0.4) is 0 Å². The molecule has 12 heavy (non-hydrogen) atoms. The van der Waals surface area contributed by atoms with Crippen LogP contribution in [0.15, 0.2) is 0 Å². The molecule has 0 saturated heterocycles. The number of carbonyl (C=O) groups is 1. The Morgan fingerprint density at radius 3 is 2.33 bits per heavy atom. The molecule has 0 bridgehead atoms. The molecule has 0 rings (SSSR count). The van der Waals surface area contributed by atoms with Gasteiger partial charge in [0.1, 0.15) is 4.87 Å². The van der Waals surface area contributed by atoms with Crippen LogP contribution >= 0.6 is 27.5 Å². The first-order valence-corrected chi connectivity index (χ1v) is 5.62. The van der Waals surface area contributed by atoms with E-state index >= 15 is 0 Å². The number of unbranched alkanes of at least 4 members (excludes halogenated alkanes) is 2. The quantitative estimate of drug-likeness (QED) is 0.400. The first kappa shape index (κ1) is 12.4. The first-order valence-electron chi connectivity index (χ1n) is 4.45. The Kier molecular flexibility index (Phi) is 6.20. The van der Waals surface area contributed by atoms with Gasteiger partial charge >= 0.3 is 0 Å². The standard InChI is InChI=1S/C9H16BrClO/c1-3-5-6-7-9(11,4-2)8(10)12/h3-7H2,1-2H3. The summed E-state index contributed by atoms with van der Waals surface area (Å²) in [6.07, 6.45) is 4.82. The van der Waals surface area contributed by atoms with E-state index in [2.05, 4.69) is 22.9 Å². The minimum absolute atomic E-state index is 0.0738. The van der Waals surface area contributed by atoms with Crippen LogP contribution in [-0.4, -0.2) is 9.57 Å². The van der Waals surface area contributed by atoms with E-state index in [-0.39, 0.29) is 4.69 Å². The molecular weight excluding hydrogens is 239 g/mol. The van der Waals surface area contributed by atoms with Crippen molar-refractivity contribution in [3.63, 3.8) is 0 Å². The van der Waals surface area contributed by atoms with Crippen LogP contribution in [0.5, 0.6) is 0 Å². The van der Waals surface area contributed by atoms with Crippen LogP contribution in [0.2, 0.25) is 0 Å². The Morgan fingerprint density at radius 2 is 2.00 bits per heavy atom. The first-order chi connectivity index (χ1) is 5.56. The number of rotatable bonds is 6. The molecule has 0 N–H and O–H groups in total. The van der Waals surface area contributed by atoms with Gasteiger partial charge in [-0.2, -0.15) is 0 Å². The van der Waals surface area contributed by atoms with Gasteiger partial charge in [0.15, 0.2) is 0 Å². The van der Waals surface area contributed by atoms with Crippen molar-refractivity contribution in [3.8, 4) is 0 Å². The van der Waals surface area contributed by atoms with E-state index in [0.29, 0.717) is 6.42 Å². The number of halogens is 2. The molecule has 1 nitrogen and oxygen atoms in total. The third-order valence-electron chi connectivity index (χ3n) is 2.09. The van der Waals surface area contributed by atoms with Crippen molar-refractivity contribution in [1.29, 1.82) is 0 Å². The normalized spacial score (nSPS) is 15.7. The zero-order valence-electron chi connectivity index (χ0n) is 7.70. The summed E-state index contributed by atoms with van der Waals surface area (Å²) in [6, 6.07) is 0. The molecule has 72 valence electrons. The Bertz CT molecular complexity index is 149. The fourth-order valence-electron chi connectivity index (χ4n) is 1.07. The summed E-state index contributed by atoms with van der Waals surface area (Å²) in [6.45, 7) is 4.08. The number of carbonyl (C=O) groups excluding carboxylic acids is 1. The second-order valence-corrected chi connectivity index (χ2v) is 4.49. The molecule has 0 aromatic carbocycles. The fourth-order valence-corrected chi connectivity index (χ4v) is 1.68. The van der Waals surface area contributed by atoms with E-state index in [4.69, 9.17) is 11.6 Å². The van der Waals surface area contributed by atoms with Crippen molar-refractivity contribution in [2.24, 2.45) is 0 Å². The van der Waals surface area contributed by atoms with Gasteiger partial charge in [0.05, 0.1) is 0 Å². The number of hydrogen-bond acceptors (Lipinski definition) is 1. The van der Waals surface area contributed by atoms with Crippen LogP contribution < -0.4 is 0 Å². The molecule has 0 heterocycles. The Morgan fingerprint density at radius 1 is 1.42 bits per heavy atom. The molecule has 0 saturated carbocycles. The van der Waals surface area contributed by atoms with Crippen molar-refractivity contribution < 1.29 is 4.79 Å². The minimum atomic E-state index is -0.658. The summed E-state index contributed by atoms with van der Waals surface area (Å²) in [7, 11) is 0. The lowest BCUT2D eigenvalue weighted by Gasteiger charge is -2.20. The van der Waals surface area contributed by atoms with Crippen molar-refractivity contribution in [2.45, 2.75) is 50.8 Å². The van der Waals surface area contributed by atoms with Crippen LogP contribution in [0.1, 0.15) is 46.0 Å². The third kappa shape index (κ3) is 3.90. The second-order valence-electron chi connectivity index (χ2n) is 3.05. The summed E-state index contributed by atoms with van der Waals surface area (Å²) in [5.41, 5.74) is 0. The molecule has 0 radical (unpaired) electrons. The monoisotopic (exact) mass is 254 g/mol. The van der Waals surface area contributed by atoms with Gasteiger partial charge in [-0.3, -0.25) is 4.79 Å². The van der Waals surface area contributed by atoms with E-state index in [9.17, 15) is 4.79 Å². The molecule has 0 aliphatic heterocycles. The summed E-state index contributed by atoms with van der Waals surface area (Å²) < 4.78 is -0.0738. The number of hydrogen-bond donors (Lipinski definition) is 0. The predicted molar refractivity (Wildman–Crippen MR) is 57.0 cm³/mol. The van der Waals surface area contributed by atoms with Gasteiger partial charge in [-0.15, -0.1) is 11.6 Å². The average molecular weight is 256 g/mol. The van der Waals surface area contributed by atoms with Crippen molar-refractivity contribution >= 4 is 32.2 Å². The second kappa shape index (κ2) is 5.98. The third-order valence-corrected chi connectivity index (χ3v) is 3.70. The molecular formula is C9H16BrClO. The van der Waals surface area contributed by atoms with Gasteiger partial charge in [-0.25, -0.2) is 0 Å². The van der Waals surface area contributed by atoms with Gasteiger partial charge in [0.25, 0.3) is 0 Å². The lowest BCUT2D eigenvalue weighted by atomic mass is 9.99. The van der Waals surface area contributed by atoms with Crippen molar-refractivity contribution in [2.75, 3.05) is 0 Å². The molecule has 1 atom stereocenters. The van der Waals surface area contributed by atoms with Crippen LogP contribution in [0.4, 0.5) is 0 Å². The SMILES string of the molecule is CCCCCC(Cl)(CC)C(=O)Br. The maximum Gasteiger partial charge on any atom is 0.218 e. The van der Waals surface area contributed by atoms with E-state index < -0.39 is 4.87 Å². The van der Waals surface area contributed by atoms with Crippen molar-refractivity contribution in [3.05, 3.63) is 0 Å². The van der Waals surface area contributed by atoms with Crippen LogP contribution in [0.25, 0.3) is 0 Å². The molecule has 0 aromatic rings. The Labute approximate surface area is 88.0 Å². The summed E-state index contributed by atoms with van der Waals surface area (Å²) >= 11 is 9.04. The highest BCUT2D eigenvalue weighted by Gasteiger charge is 2.31. The highest BCUT2D eigenvalue weighted by atomic mass is 79.9. The molecule has 0 amide bonds. The molecule has 0 aliphatic rings. The van der Waals surface area contributed by atoms with Gasteiger partial charge < -0.3 is 0 Å². The largest absolute Gasteiger partial charge is 0.285 e. The van der Waals surface area contributed by atoms with E-state index in [0.717, 1.165) is 25.7 Å². The van der Waals surface area contributed by atoms with E-state index in [1.165, 1.54) is 0 Å².